The molecule has 0 aromatic carbocycles. The number of piperidine rings is 1. The number of ether oxygens (including phenoxy) is 2. The maximum absolute atomic E-state index is 13.9. The molecule has 1 unspecified atom stereocenters. The van der Waals surface area contributed by atoms with E-state index in [1.54, 1.807) is 39.4 Å². The second-order valence-corrected chi connectivity index (χ2v) is 13.8. The zero-order valence-electron chi connectivity index (χ0n) is 26.4. The number of nitrogens with one attached hydrogen (secondary N) is 3. The average Bonchev–Trinajstić information content (AvgIpc) is 3.67. The number of aromatic nitrogens is 2. The van der Waals surface area contributed by atoms with Crippen molar-refractivity contribution in [2.75, 3.05) is 28.6 Å². The number of rotatable bonds is 6. The van der Waals surface area contributed by atoms with Crippen molar-refractivity contribution in [1.29, 1.82) is 0 Å². The van der Waals surface area contributed by atoms with Crippen LogP contribution in [0.5, 0.6) is 0 Å². The summed E-state index contributed by atoms with van der Waals surface area (Å²) in [5.41, 5.74) is 1.71. The second-order valence-electron chi connectivity index (χ2n) is 13.8. The highest BCUT2D eigenvalue weighted by Crippen LogP contribution is 2.42. The largest absolute Gasteiger partial charge is 0.444 e. The number of nitrogens with zero attached hydrogens (tertiary/aromatic N) is 3. The van der Waals surface area contributed by atoms with Gasteiger partial charge in [0.1, 0.15) is 22.3 Å². The molecular formula is C32H42N6O6. The van der Waals surface area contributed by atoms with E-state index in [1.807, 2.05) is 32.9 Å². The van der Waals surface area contributed by atoms with Gasteiger partial charge in [-0.25, -0.2) is 9.59 Å². The van der Waals surface area contributed by atoms with Gasteiger partial charge < -0.3 is 29.4 Å². The van der Waals surface area contributed by atoms with Crippen LogP contribution in [0.1, 0.15) is 89.6 Å². The van der Waals surface area contributed by atoms with Gasteiger partial charge in [-0.05, 0) is 90.3 Å². The van der Waals surface area contributed by atoms with E-state index >= 15 is 0 Å². The Hall–Kier alpha value is -4.35. The zero-order valence-corrected chi connectivity index (χ0v) is 26.4. The van der Waals surface area contributed by atoms with Gasteiger partial charge in [-0.15, -0.1) is 0 Å². The molecule has 3 aromatic heterocycles. The van der Waals surface area contributed by atoms with Crippen molar-refractivity contribution < 1.29 is 28.3 Å². The van der Waals surface area contributed by atoms with E-state index in [0.29, 0.717) is 35.8 Å². The monoisotopic (exact) mass is 606 g/mol. The predicted octanol–water partition coefficient (Wildman–Crippen LogP) is 6.44. The highest BCUT2D eigenvalue weighted by atomic mass is 16.6. The number of fused-ring (bicyclic) bond motifs is 1. The number of pyridine rings is 2. The highest BCUT2D eigenvalue weighted by molar-refractivity contribution is 6.16. The summed E-state index contributed by atoms with van der Waals surface area (Å²) in [7, 11) is 0. The first-order valence-electron chi connectivity index (χ1n) is 15.1. The molecule has 1 aliphatic carbocycles. The Labute approximate surface area is 257 Å². The number of furan rings is 1. The molecule has 0 spiro atoms. The minimum atomic E-state index is -0.749. The van der Waals surface area contributed by atoms with Crippen LogP contribution in [0, 0.1) is 5.92 Å². The van der Waals surface area contributed by atoms with Crippen LogP contribution in [-0.4, -0.2) is 58.4 Å². The molecule has 1 aliphatic heterocycles. The fourth-order valence-corrected chi connectivity index (χ4v) is 5.40. The van der Waals surface area contributed by atoms with E-state index in [9.17, 15) is 14.4 Å². The Morgan fingerprint density at radius 2 is 1.68 bits per heavy atom. The Morgan fingerprint density at radius 3 is 2.36 bits per heavy atom. The first kappa shape index (κ1) is 31.1. The number of hydrogen-bond acceptors (Lipinski definition) is 9. The van der Waals surface area contributed by atoms with E-state index in [4.69, 9.17) is 13.9 Å². The van der Waals surface area contributed by atoms with Gasteiger partial charge >= 0.3 is 12.2 Å². The molecule has 4 heterocycles. The predicted molar refractivity (Wildman–Crippen MR) is 167 cm³/mol. The Kier molecular flexibility index (Phi) is 8.46. The van der Waals surface area contributed by atoms with Crippen molar-refractivity contribution in [2.24, 2.45) is 5.92 Å². The third-order valence-corrected chi connectivity index (χ3v) is 7.21. The van der Waals surface area contributed by atoms with Crippen LogP contribution in [0.3, 0.4) is 0 Å². The van der Waals surface area contributed by atoms with Gasteiger partial charge in [-0.2, -0.15) is 0 Å². The summed E-state index contributed by atoms with van der Waals surface area (Å²) in [6, 6.07) is 3.54. The van der Waals surface area contributed by atoms with Gasteiger partial charge in [0.15, 0.2) is 5.58 Å². The fourth-order valence-electron chi connectivity index (χ4n) is 5.40. The maximum Gasteiger partial charge on any atom is 0.414 e. The lowest BCUT2D eigenvalue weighted by molar-refractivity contribution is 0.0494. The minimum absolute atomic E-state index is 0.0501. The minimum Gasteiger partial charge on any atom is -0.444 e. The molecule has 3 N–H and O–H groups in total. The topological polar surface area (TPSA) is 148 Å². The summed E-state index contributed by atoms with van der Waals surface area (Å²) >= 11 is 0. The summed E-state index contributed by atoms with van der Waals surface area (Å²) in [6.45, 7) is 14.1. The van der Waals surface area contributed by atoms with Crippen LogP contribution in [0.4, 0.5) is 26.8 Å². The number of carbonyl (C=O) groups is 3. The van der Waals surface area contributed by atoms with Crippen molar-refractivity contribution in [3.63, 3.8) is 0 Å². The van der Waals surface area contributed by atoms with Crippen molar-refractivity contribution in [2.45, 2.75) is 90.9 Å². The molecular weight excluding hydrogens is 564 g/mol. The molecule has 2 atom stereocenters. The first-order valence-corrected chi connectivity index (χ1v) is 15.1. The number of anilines is 3. The summed E-state index contributed by atoms with van der Waals surface area (Å²) in [6.07, 6.45) is 6.72. The molecule has 12 heteroatoms. The average molecular weight is 607 g/mol. The lowest BCUT2D eigenvalue weighted by Gasteiger charge is -2.39. The van der Waals surface area contributed by atoms with Crippen molar-refractivity contribution >= 4 is 46.5 Å². The molecule has 0 radical (unpaired) electrons. The molecule has 2 fully saturated rings. The number of carbonyl (C=O) groups excluding carboxylic acids is 3. The Balaban J connectivity index is 1.41. The summed E-state index contributed by atoms with van der Waals surface area (Å²) in [5.74, 6) is 0.109. The van der Waals surface area contributed by atoms with Gasteiger partial charge in [0.2, 0.25) is 5.88 Å². The first-order chi connectivity index (χ1) is 20.6. The van der Waals surface area contributed by atoms with Gasteiger partial charge in [-0.1, -0.05) is 6.92 Å². The van der Waals surface area contributed by atoms with E-state index in [0.717, 1.165) is 30.5 Å². The van der Waals surface area contributed by atoms with Crippen LogP contribution in [0.2, 0.25) is 0 Å². The normalized spacial score (nSPS) is 18.9. The highest BCUT2D eigenvalue weighted by Gasteiger charge is 2.32. The van der Waals surface area contributed by atoms with Crippen molar-refractivity contribution in [1.82, 2.24) is 15.3 Å². The third-order valence-electron chi connectivity index (χ3n) is 7.21. The van der Waals surface area contributed by atoms with Crippen LogP contribution in [0.15, 0.2) is 35.1 Å². The van der Waals surface area contributed by atoms with Crippen LogP contribution in [-0.2, 0) is 9.47 Å². The standard InChI is InChI=1S/C32H42N6O6/c1-18-12-21(35-29(40)43-31(2,3)4)17-38(16-18)23-10-11-33-15-22(23)36-27(39)25-26-24(13-20(14-34-26)19-8-9-19)42-28(25)37-30(41)44-32(5,6)7/h10-11,13-15,18-19,21H,8-9,12,16-17H2,1-7H3,(H,35,40)(H,36,39)(H,37,41)/t18-,21?/m1/s1. The molecule has 1 saturated heterocycles. The molecule has 2 aliphatic rings. The molecule has 0 bridgehead atoms. The van der Waals surface area contributed by atoms with Gasteiger partial charge in [-0.3, -0.25) is 20.1 Å². The van der Waals surface area contributed by atoms with Crippen LogP contribution < -0.4 is 20.9 Å². The SMILES string of the molecule is C[C@@H]1CC(NC(=O)OC(C)(C)C)CN(c2ccncc2NC(=O)c2c(NC(=O)OC(C)(C)C)oc3cc(C4CC4)cnc23)C1. The van der Waals surface area contributed by atoms with Crippen LogP contribution in [0.25, 0.3) is 11.1 Å². The van der Waals surface area contributed by atoms with Gasteiger partial charge in [0.05, 0.1) is 17.6 Å². The zero-order chi connectivity index (χ0) is 31.8. The van der Waals surface area contributed by atoms with Crippen molar-refractivity contribution in [3.05, 3.63) is 41.9 Å². The quantitative estimate of drug-likeness (QED) is 0.288. The molecule has 3 aromatic rings. The Bertz CT molecular complexity index is 1550. The molecule has 12 nitrogen and oxygen atoms in total. The lowest BCUT2D eigenvalue weighted by Crippen LogP contribution is -2.51. The van der Waals surface area contributed by atoms with Crippen molar-refractivity contribution in [3.8, 4) is 0 Å². The lowest BCUT2D eigenvalue weighted by atomic mass is 9.95. The number of alkyl carbamates (subject to hydrolysis) is 1. The molecule has 3 amide bonds. The smallest absolute Gasteiger partial charge is 0.414 e. The van der Waals surface area contributed by atoms with Gasteiger partial charge in [0.25, 0.3) is 5.91 Å². The molecule has 236 valence electrons. The number of hydrogen-bond donors (Lipinski definition) is 3. The second kappa shape index (κ2) is 12.0. The molecule has 5 rings (SSSR count). The van der Waals surface area contributed by atoms with Gasteiger partial charge in [0, 0.05) is 31.5 Å². The summed E-state index contributed by atoms with van der Waals surface area (Å²) in [4.78, 5) is 50.1. The third kappa shape index (κ3) is 7.78. The Morgan fingerprint density at radius 1 is 0.977 bits per heavy atom. The molecule has 44 heavy (non-hydrogen) atoms. The molecule has 1 saturated carbocycles. The van der Waals surface area contributed by atoms with E-state index < -0.39 is 29.3 Å². The summed E-state index contributed by atoms with van der Waals surface area (Å²) in [5, 5.41) is 8.56. The maximum atomic E-state index is 13.9. The fraction of sp³-hybridized carbons (Fsp3) is 0.531. The van der Waals surface area contributed by atoms with E-state index in [1.165, 1.54) is 0 Å². The number of amides is 3. The van der Waals surface area contributed by atoms with E-state index in [2.05, 4.69) is 37.7 Å². The summed E-state index contributed by atoms with van der Waals surface area (Å²) < 4.78 is 16.9. The van der Waals surface area contributed by atoms with E-state index in [-0.39, 0.29) is 23.4 Å². The van der Waals surface area contributed by atoms with Crippen LogP contribution >= 0.6 is 0 Å².